The first-order valence-electron chi connectivity index (χ1n) is 8.38. The average molecular weight is 330 g/mol. The van der Waals surface area contributed by atoms with Crippen LogP contribution in [0.2, 0.25) is 0 Å². The van der Waals surface area contributed by atoms with Crippen LogP contribution in [0, 0.1) is 25.6 Å². The number of nitrogens with one attached hydrogen (secondary N) is 1. The van der Waals surface area contributed by atoms with Crippen LogP contribution in [0.25, 0.3) is 11.0 Å². The molecule has 3 rings (SSSR count). The highest BCUT2D eigenvalue weighted by Gasteiger charge is 2.25. The molecule has 2 aromatic rings. The number of aromatic nitrogens is 2. The van der Waals surface area contributed by atoms with E-state index in [0.29, 0.717) is 35.6 Å². The van der Waals surface area contributed by atoms with E-state index in [1.165, 1.54) is 12.1 Å². The number of likely N-dealkylation sites (tertiary alicyclic amines) is 1. The summed E-state index contributed by atoms with van der Waals surface area (Å²) in [6.07, 6.45) is 1.92. The highest BCUT2D eigenvalue weighted by Crippen LogP contribution is 2.23. The normalized spacial score (nSPS) is 15.9. The molecule has 0 bridgehead atoms. The topological polar surface area (TPSA) is 58.1 Å². The lowest BCUT2D eigenvalue weighted by Crippen LogP contribution is -2.40. The molecule has 1 N–H and O–H groups in total. The second kappa shape index (κ2) is 6.81. The molecular formula is C18H23FN4O. The second-order valence-electron chi connectivity index (χ2n) is 6.51. The molecule has 1 aliphatic heterocycles. The Morgan fingerprint density at radius 1 is 1.25 bits per heavy atom. The quantitative estimate of drug-likeness (QED) is 0.939. The van der Waals surface area contributed by atoms with Crippen molar-refractivity contribution in [3.8, 4) is 0 Å². The van der Waals surface area contributed by atoms with Gasteiger partial charge in [0.25, 0.3) is 5.91 Å². The zero-order valence-electron chi connectivity index (χ0n) is 14.4. The van der Waals surface area contributed by atoms with Gasteiger partial charge in [0.1, 0.15) is 11.3 Å². The Kier molecular flexibility index (Phi) is 4.76. The molecule has 1 saturated heterocycles. The Balaban J connectivity index is 1.91. The van der Waals surface area contributed by atoms with Crippen LogP contribution in [0.4, 0.5) is 4.39 Å². The van der Waals surface area contributed by atoms with E-state index in [1.54, 1.807) is 4.90 Å². The lowest BCUT2D eigenvalue weighted by atomic mass is 9.96. The van der Waals surface area contributed by atoms with Crippen molar-refractivity contribution in [2.24, 2.45) is 5.92 Å². The number of piperidine rings is 1. The summed E-state index contributed by atoms with van der Waals surface area (Å²) < 4.78 is 14.0. The first-order valence-corrected chi connectivity index (χ1v) is 8.38. The maximum atomic E-state index is 14.0. The fourth-order valence-electron chi connectivity index (χ4n) is 3.26. The number of amides is 1. The summed E-state index contributed by atoms with van der Waals surface area (Å²) in [5, 5.41) is 3.19. The van der Waals surface area contributed by atoms with Gasteiger partial charge >= 0.3 is 0 Å². The van der Waals surface area contributed by atoms with E-state index >= 15 is 0 Å². The van der Waals surface area contributed by atoms with Crippen LogP contribution in [0.5, 0.6) is 0 Å². The number of carbonyl (C=O) groups excluding carboxylic acids is 1. The van der Waals surface area contributed by atoms with Crippen LogP contribution in [0.3, 0.4) is 0 Å². The minimum absolute atomic E-state index is 0.153. The highest BCUT2D eigenvalue weighted by atomic mass is 19.1. The molecule has 128 valence electrons. The summed E-state index contributed by atoms with van der Waals surface area (Å²) in [7, 11) is 1.94. The van der Waals surface area contributed by atoms with E-state index in [0.717, 1.165) is 30.8 Å². The lowest BCUT2D eigenvalue weighted by Gasteiger charge is -2.32. The summed E-state index contributed by atoms with van der Waals surface area (Å²) in [6.45, 7) is 6.04. The molecule has 2 heterocycles. The van der Waals surface area contributed by atoms with E-state index in [4.69, 9.17) is 0 Å². The predicted molar refractivity (Wildman–Crippen MR) is 91.5 cm³/mol. The number of nitrogens with zero attached hydrogens (tertiary/aromatic N) is 3. The van der Waals surface area contributed by atoms with Gasteiger partial charge in [0, 0.05) is 19.2 Å². The van der Waals surface area contributed by atoms with Crippen molar-refractivity contribution in [2.75, 3.05) is 26.7 Å². The summed E-state index contributed by atoms with van der Waals surface area (Å²) in [5.41, 5.74) is 2.75. The van der Waals surface area contributed by atoms with Crippen molar-refractivity contribution in [3.05, 3.63) is 34.9 Å². The lowest BCUT2D eigenvalue weighted by molar-refractivity contribution is 0.0692. The molecule has 24 heavy (non-hydrogen) atoms. The third kappa shape index (κ3) is 3.24. The number of fused-ring (bicyclic) bond motifs is 1. The standard InChI is InChI=1S/C18H23FN4O/c1-11-12(2)22-17-15(8-14(19)9-16(17)21-11)18(24)23-6-4-13(5-7-23)10-20-3/h8-9,13,20H,4-7,10H2,1-3H3. The number of benzene rings is 1. The molecule has 6 heteroatoms. The van der Waals surface area contributed by atoms with Crippen molar-refractivity contribution >= 4 is 16.9 Å². The number of rotatable bonds is 3. The Hall–Kier alpha value is -2.08. The predicted octanol–water partition coefficient (Wildman–Crippen LogP) is 2.46. The minimum Gasteiger partial charge on any atom is -0.339 e. The Morgan fingerprint density at radius 2 is 1.92 bits per heavy atom. The third-order valence-electron chi connectivity index (χ3n) is 4.77. The smallest absolute Gasteiger partial charge is 0.256 e. The fourth-order valence-corrected chi connectivity index (χ4v) is 3.26. The molecule has 0 aliphatic carbocycles. The Bertz CT molecular complexity index is 769. The molecular weight excluding hydrogens is 307 g/mol. The molecule has 5 nitrogen and oxygen atoms in total. The number of halogens is 1. The van der Waals surface area contributed by atoms with E-state index in [9.17, 15) is 9.18 Å². The molecule has 1 aromatic heterocycles. The average Bonchev–Trinajstić information content (AvgIpc) is 2.56. The van der Waals surface area contributed by atoms with Gasteiger partial charge in [0.15, 0.2) is 0 Å². The van der Waals surface area contributed by atoms with Crippen molar-refractivity contribution in [2.45, 2.75) is 26.7 Å². The van der Waals surface area contributed by atoms with Crippen LogP contribution in [0.15, 0.2) is 12.1 Å². The molecule has 1 aliphatic rings. The van der Waals surface area contributed by atoms with Gasteiger partial charge in [-0.25, -0.2) is 14.4 Å². The van der Waals surface area contributed by atoms with Gasteiger partial charge in [-0.2, -0.15) is 0 Å². The first-order chi connectivity index (χ1) is 11.5. The molecule has 0 spiro atoms. The fraction of sp³-hybridized carbons (Fsp3) is 0.500. The van der Waals surface area contributed by atoms with Crippen molar-refractivity contribution in [1.29, 1.82) is 0 Å². The molecule has 0 atom stereocenters. The van der Waals surface area contributed by atoms with Crippen LogP contribution in [0.1, 0.15) is 34.6 Å². The molecule has 0 unspecified atom stereocenters. The van der Waals surface area contributed by atoms with Crippen LogP contribution >= 0.6 is 0 Å². The summed E-state index contributed by atoms with van der Waals surface area (Å²) >= 11 is 0. The summed E-state index contributed by atoms with van der Waals surface area (Å²) in [5.74, 6) is -0.0126. The number of carbonyl (C=O) groups is 1. The molecule has 0 saturated carbocycles. The summed E-state index contributed by atoms with van der Waals surface area (Å²) in [4.78, 5) is 23.6. The van der Waals surface area contributed by atoms with Crippen molar-refractivity contribution < 1.29 is 9.18 Å². The van der Waals surface area contributed by atoms with Gasteiger partial charge in [-0.1, -0.05) is 0 Å². The Labute approximate surface area is 141 Å². The molecule has 1 amide bonds. The van der Waals surface area contributed by atoms with E-state index < -0.39 is 5.82 Å². The largest absolute Gasteiger partial charge is 0.339 e. The van der Waals surface area contributed by atoms with Gasteiger partial charge in [-0.15, -0.1) is 0 Å². The molecule has 1 aromatic carbocycles. The van der Waals surface area contributed by atoms with Crippen molar-refractivity contribution in [3.63, 3.8) is 0 Å². The number of hydrogen-bond acceptors (Lipinski definition) is 4. The zero-order valence-corrected chi connectivity index (χ0v) is 14.4. The first kappa shape index (κ1) is 16.8. The second-order valence-corrected chi connectivity index (χ2v) is 6.51. The van der Waals surface area contributed by atoms with Gasteiger partial charge < -0.3 is 10.2 Å². The SMILES string of the molecule is CNCC1CCN(C(=O)c2cc(F)cc3nc(C)c(C)nc23)CC1. The number of aryl methyl sites for hydroxylation is 2. The Morgan fingerprint density at radius 3 is 2.58 bits per heavy atom. The highest BCUT2D eigenvalue weighted by molar-refractivity contribution is 6.04. The minimum atomic E-state index is -0.450. The maximum absolute atomic E-state index is 14.0. The van der Waals surface area contributed by atoms with Crippen molar-refractivity contribution in [1.82, 2.24) is 20.2 Å². The van der Waals surface area contributed by atoms with Gasteiger partial charge in [0.2, 0.25) is 0 Å². The van der Waals surface area contributed by atoms with Gasteiger partial charge in [0.05, 0.1) is 22.5 Å². The molecule has 0 radical (unpaired) electrons. The van der Waals surface area contributed by atoms with Gasteiger partial charge in [-0.05, 0) is 52.3 Å². The van der Waals surface area contributed by atoms with E-state index in [-0.39, 0.29) is 5.91 Å². The maximum Gasteiger partial charge on any atom is 0.256 e. The zero-order chi connectivity index (χ0) is 17.3. The monoisotopic (exact) mass is 330 g/mol. The van der Waals surface area contributed by atoms with Crippen LogP contribution < -0.4 is 5.32 Å². The summed E-state index contributed by atoms with van der Waals surface area (Å²) in [6, 6.07) is 2.62. The van der Waals surface area contributed by atoms with E-state index in [1.807, 2.05) is 20.9 Å². The van der Waals surface area contributed by atoms with Crippen LogP contribution in [-0.4, -0.2) is 47.5 Å². The van der Waals surface area contributed by atoms with Gasteiger partial charge in [-0.3, -0.25) is 4.79 Å². The number of hydrogen-bond donors (Lipinski definition) is 1. The van der Waals surface area contributed by atoms with Crippen LogP contribution in [-0.2, 0) is 0 Å². The third-order valence-corrected chi connectivity index (χ3v) is 4.77. The van der Waals surface area contributed by atoms with E-state index in [2.05, 4.69) is 15.3 Å². The molecule has 1 fully saturated rings.